The van der Waals surface area contributed by atoms with Crippen LogP contribution in [0.3, 0.4) is 0 Å². The number of nitrogens with zero attached hydrogens (tertiary/aromatic N) is 3. The van der Waals surface area contributed by atoms with Crippen LogP contribution in [0, 0.1) is 0 Å². The van der Waals surface area contributed by atoms with Crippen LogP contribution in [0.1, 0.15) is 19.0 Å². The molecule has 27 heavy (non-hydrogen) atoms. The molecule has 1 unspecified atom stereocenters. The fraction of sp³-hybridized carbons (Fsp3) is 0.444. The standard InChI is InChI=1S/C18H19F3N4O2/c1-2-27-12-3-4-14-13(8-12)16(24-23-14)11-5-6-22-15(7-11)25-9-17(26,10-25)18(19,20)21/h3-6,8,15,26H,2,7,9-10H2,1H3,(H,23,24). The van der Waals surface area contributed by atoms with Gasteiger partial charge in [0.2, 0.25) is 0 Å². The van der Waals surface area contributed by atoms with Gasteiger partial charge in [0.15, 0.2) is 5.60 Å². The van der Waals surface area contributed by atoms with Crippen molar-refractivity contribution in [2.24, 2.45) is 4.99 Å². The number of likely N-dealkylation sites (tertiary alicyclic amines) is 1. The summed E-state index contributed by atoms with van der Waals surface area (Å²) in [5.74, 6) is 0.729. The van der Waals surface area contributed by atoms with Crippen LogP contribution in [0.4, 0.5) is 13.2 Å². The SMILES string of the molecule is CCOc1ccc2[nH]nc(C3=CC=NC(N4CC(O)(C(F)(F)F)C4)C3)c2c1. The van der Waals surface area contributed by atoms with Gasteiger partial charge in [-0.05, 0) is 36.8 Å². The van der Waals surface area contributed by atoms with Gasteiger partial charge in [0.05, 0.1) is 17.8 Å². The zero-order chi connectivity index (χ0) is 19.2. The van der Waals surface area contributed by atoms with Gasteiger partial charge < -0.3 is 9.84 Å². The van der Waals surface area contributed by atoms with E-state index in [9.17, 15) is 18.3 Å². The van der Waals surface area contributed by atoms with E-state index < -0.39 is 31.0 Å². The summed E-state index contributed by atoms with van der Waals surface area (Å²) in [4.78, 5) is 5.79. The average Bonchev–Trinajstić information content (AvgIpc) is 3.01. The van der Waals surface area contributed by atoms with Crippen molar-refractivity contribution in [1.29, 1.82) is 0 Å². The van der Waals surface area contributed by atoms with Gasteiger partial charge in [0.1, 0.15) is 11.9 Å². The number of aromatic amines is 1. The maximum atomic E-state index is 12.8. The number of H-pyrrole nitrogens is 1. The monoisotopic (exact) mass is 380 g/mol. The Balaban J connectivity index is 1.53. The first-order valence-corrected chi connectivity index (χ1v) is 8.67. The Morgan fingerprint density at radius 2 is 2.15 bits per heavy atom. The minimum Gasteiger partial charge on any atom is -0.494 e. The molecular weight excluding hydrogens is 361 g/mol. The van der Waals surface area contributed by atoms with E-state index in [1.165, 1.54) is 4.90 Å². The van der Waals surface area contributed by atoms with E-state index >= 15 is 0 Å². The molecular formula is C18H19F3N4O2. The molecule has 1 aromatic carbocycles. The van der Waals surface area contributed by atoms with E-state index in [0.717, 1.165) is 27.9 Å². The molecule has 2 aliphatic heterocycles. The van der Waals surface area contributed by atoms with Gasteiger partial charge >= 0.3 is 6.18 Å². The third kappa shape index (κ3) is 3.10. The van der Waals surface area contributed by atoms with Crippen molar-refractivity contribution in [3.05, 3.63) is 30.0 Å². The highest BCUT2D eigenvalue weighted by Gasteiger charge is 2.62. The Morgan fingerprint density at radius 1 is 1.37 bits per heavy atom. The molecule has 1 aromatic heterocycles. The Hall–Kier alpha value is -2.39. The highest BCUT2D eigenvalue weighted by molar-refractivity contribution is 5.96. The van der Waals surface area contributed by atoms with Gasteiger partial charge in [0, 0.05) is 31.1 Å². The summed E-state index contributed by atoms with van der Waals surface area (Å²) in [6.07, 6.45) is -1.26. The molecule has 0 saturated carbocycles. The maximum absolute atomic E-state index is 12.8. The number of rotatable bonds is 4. The zero-order valence-electron chi connectivity index (χ0n) is 14.6. The van der Waals surface area contributed by atoms with E-state index in [4.69, 9.17) is 4.74 Å². The number of dihydropyridines is 1. The Labute approximate surface area is 153 Å². The highest BCUT2D eigenvalue weighted by atomic mass is 19.4. The molecule has 2 aliphatic rings. The molecule has 2 N–H and O–H groups in total. The van der Waals surface area contributed by atoms with Crippen LogP contribution in [-0.2, 0) is 0 Å². The molecule has 1 atom stereocenters. The van der Waals surface area contributed by atoms with Crippen LogP contribution in [0.25, 0.3) is 16.5 Å². The summed E-state index contributed by atoms with van der Waals surface area (Å²) in [5.41, 5.74) is -0.189. The second-order valence-electron chi connectivity index (χ2n) is 6.82. The molecule has 4 rings (SSSR count). The predicted molar refractivity (Wildman–Crippen MR) is 94.7 cm³/mol. The van der Waals surface area contributed by atoms with Gasteiger partial charge in [-0.1, -0.05) is 0 Å². The number of hydrogen-bond acceptors (Lipinski definition) is 5. The molecule has 2 aromatic rings. The predicted octanol–water partition coefficient (Wildman–Crippen LogP) is 2.75. The molecule has 0 aliphatic carbocycles. The van der Waals surface area contributed by atoms with Crippen molar-refractivity contribution < 1.29 is 23.0 Å². The van der Waals surface area contributed by atoms with E-state index in [-0.39, 0.29) is 0 Å². The fourth-order valence-corrected chi connectivity index (χ4v) is 3.46. The maximum Gasteiger partial charge on any atom is 0.419 e. The van der Waals surface area contributed by atoms with Gasteiger partial charge in [0.25, 0.3) is 0 Å². The van der Waals surface area contributed by atoms with Crippen molar-refractivity contribution in [3.8, 4) is 5.75 Å². The largest absolute Gasteiger partial charge is 0.494 e. The number of aliphatic imine (C=N–C) groups is 1. The first kappa shape index (κ1) is 18.0. The van der Waals surface area contributed by atoms with Crippen molar-refractivity contribution in [3.63, 3.8) is 0 Å². The van der Waals surface area contributed by atoms with Crippen molar-refractivity contribution in [2.45, 2.75) is 31.3 Å². The third-order valence-corrected chi connectivity index (χ3v) is 4.96. The van der Waals surface area contributed by atoms with E-state index in [0.29, 0.717) is 13.0 Å². The Kier molecular flexibility index (Phi) is 4.23. The average molecular weight is 380 g/mol. The van der Waals surface area contributed by atoms with Crippen LogP contribution in [0.5, 0.6) is 5.75 Å². The number of aliphatic hydroxyl groups is 1. The topological polar surface area (TPSA) is 73.7 Å². The van der Waals surface area contributed by atoms with E-state index in [2.05, 4.69) is 15.2 Å². The van der Waals surface area contributed by atoms with Crippen LogP contribution in [-0.4, -0.2) is 64.1 Å². The summed E-state index contributed by atoms with van der Waals surface area (Å²) >= 11 is 0. The smallest absolute Gasteiger partial charge is 0.419 e. The number of hydrogen-bond donors (Lipinski definition) is 2. The number of benzene rings is 1. The zero-order valence-corrected chi connectivity index (χ0v) is 14.6. The van der Waals surface area contributed by atoms with Crippen molar-refractivity contribution >= 4 is 22.7 Å². The summed E-state index contributed by atoms with van der Waals surface area (Å²) in [7, 11) is 0. The Morgan fingerprint density at radius 3 is 2.85 bits per heavy atom. The van der Waals surface area contributed by atoms with E-state index in [1.54, 1.807) is 6.21 Å². The second kappa shape index (κ2) is 6.35. The molecule has 3 heterocycles. The number of nitrogens with one attached hydrogen (secondary N) is 1. The van der Waals surface area contributed by atoms with Gasteiger partial charge in [-0.3, -0.25) is 15.0 Å². The minimum atomic E-state index is -4.63. The lowest BCUT2D eigenvalue weighted by atomic mass is 9.91. The van der Waals surface area contributed by atoms with Gasteiger partial charge in [-0.2, -0.15) is 18.3 Å². The number of β-amino-alcohol motifs (C(OH)–C–C–N with tert-alkyl or cyclic N) is 1. The van der Waals surface area contributed by atoms with Crippen LogP contribution in [0.15, 0.2) is 29.3 Å². The van der Waals surface area contributed by atoms with Crippen LogP contribution in [0.2, 0.25) is 0 Å². The van der Waals surface area contributed by atoms with E-state index in [1.807, 2.05) is 31.2 Å². The van der Waals surface area contributed by atoms with Gasteiger partial charge in [-0.25, -0.2) is 0 Å². The Bertz CT molecular complexity index is 913. The number of aromatic nitrogens is 2. The summed E-state index contributed by atoms with van der Waals surface area (Å²) in [6, 6.07) is 5.63. The molecule has 0 spiro atoms. The summed E-state index contributed by atoms with van der Waals surface area (Å²) in [6.45, 7) is 1.51. The molecule has 9 heteroatoms. The lowest BCUT2D eigenvalue weighted by Gasteiger charge is -2.49. The number of ether oxygens (including phenoxy) is 1. The molecule has 6 nitrogen and oxygen atoms in total. The number of halogens is 3. The summed E-state index contributed by atoms with van der Waals surface area (Å²) in [5, 5.41) is 17.9. The first-order chi connectivity index (χ1) is 12.8. The quantitative estimate of drug-likeness (QED) is 0.856. The third-order valence-electron chi connectivity index (χ3n) is 4.96. The molecule has 0 bridgehead atoms. The first-order valence-electron chi connectivity index (χ1n) is 8.67. The second-order valence-corrected chi connectivity index (χ2v) is 6.82. The van der Waals surface area contributed by atoms with Gasteiger partial charge in [-0.15, -0.1) is 0 Å². The van der Waals surface area contributed by atoms with Crippen molar-refractivity contribution in [2.75, 3.05) is 19.7 Å². The molecule has 1 saturated heterocycles. The fourth-order valence-electron chi connectivity index (χ4n) is 3.46. The lowest BCUT2D eigenvalue weighted by molar-refractivity contribution is -0.305. The molecule has 0 radical (unpaired) electrons. The molecule has 0 amide bonds. The minimum absolute atomic E-state index is 0.420. The number of alkyl halides is 3. The lowest BCUT2D eigenvalue weighted by Crippen LogP contribution is -2.70. The highest BCUT2D eigenvalue weighted by Crippen LogP contribution is 2.40. The summed E-state index contributed by atoms with van der Waals surface area (Å²) < 4.78 is 44.1. The number of allylic oxidation sites excluding steroid dienone is 1. The van der Waals surface area contributed by atoms with Crippen LogP contribution < -0.4 is 4.74 Å². The normalized spacial score (nSPS) is 22.6. The molecule has 144 valence electrons. The number of fused-ring (bicyclic) bond motifs is 1. The van der Waals surface area contributed by atoms with Crippen molar-refractivity contribution in [1.82, 2.24) is 15.1 Å². The molecule has 1 fully saturated rings. The van der Waals surface area contributed by atoms with Crippen LogP contribution >= 0.6 is 0 Å².